The number of fused-ring (bicyclic) bond motifs is 1. The lowest BCUT2D eigenvalue weighted by Crippen LogP contribution is -1.96. The van der Waals surface area contributed by atoms with E-state index in [9.17, 15) is 5.11 Å². The van der Waals surface area contributed by atoms with Gasteiger partial charge >= 0.3 is 6.01 Å². The van der Waals surface area contributed by atoms with Crippen LogP contribution in [0.15, 0.2) is 34.4 Å². The summed E-state index contributed by atoms with van der Waals surface area (Å²) in [5.41, 5.74) is 3.58. The number of aryl methyl sites for hydroxylation is 1. The fourth-order valence-corrected chi connectivity index (χ4v) is 2.87. The van der Waals surface area contributed by atoms with Crippen LogP contribution in [0.5, 0.6) is 6.01 Å². The lowest BCUT2D eigenvalue weighted by Gasteiger charge is -2.05. The van der Waals surface area contributed by atoms with Crippen molar-refractivity contribution in [2.45, 2.75) is 17.0 Å². The molecule has 0 amide bonds. The zero-order chi connectivity index (χ0) is 14.3. The Morgan fingerprint density at radius 2 is 2.10 bits per heavy atom. The SMILES string of the molecule is CSc1ccc(-c2cnn3c(O)nc(S)nc23)cc1C. The van der Waals surface area contributed by atoms with Crippen molar-refractivity contribution in [1.82, 2.24) is 19.6 Å². The van der Waals surface area contributed by atoms with Gasteiger partial charge in [-0.25, -0.2) is 4.98 Å². The Balaban J connectivity index is 2.22. The number of hydrogen-bond donors (Lipinski definition) is 2. The molecule has 0 unspecified atom stereocenters. The molecule has 0 aliphatic rings. The summed E-state index contributed by atoms with van der Waals surface area (Å²) in [5, 5.41) is 14.1. The molecule has 5 nitrogen and oxygen atoms in total. The highest BCUT2D eigenvalue weighted by Crippen LogP contribution is 2.29. The van der Waals surface area contributed by atoms with Crippen LogP contribution in [0, 0.1) is 6.92 Å². The van der Waals surface area contributed by atoms with Crippen molar-refractivity contribution in [2.24, 2.45) is 0 Å². The monoisotopic (exact) mass is 304 g/mol. The van der Waals surface area contributed by atoms with Gasteiger partial charge in [0.05, 0.1) is 6.20 Å². The largest absolute Gasteiger partial charge is 0.479 e. The highest BCUT2D eigenvalue weighted by Gasteiger charge is 2.13. The molecule has 7 heteroatoms. The van der Waals surface area contributed by atoms with E-state index in [4.69, 9.17) is 0 Å². The first kappa shape index (κ1) is 13.3. The Kier molecular flexibility index (Phi) is 3.31. The first-order chi connectivity index (χ1) is 9.60. The quantitative estimate of drug-likeness (QED) is 0.563. The molecule has 3 aromatic rings. The first-order valence-electron chi connectivity index (χ1n) is 5.89. The van der Waals surface area contributed by atoms with Crippen molar-refractivity contribution < 1.29 is 5.11 Å². The van der Waals surface area contributed by atoms with Gasteiger partial charge in [0.1, 0.15) is 0 Å². The second-order valence-corrected chi connectivity index (χ2v) is 5.55. The summed E-state index contributed by atoms with van der Waals surface area (Å²) in [7, 11) is 0. The van der Waals surface area contributed by atoms with Gasteiger partial charge in [-0.15, -0.1) is 24.4 Å². The topological polar surface area (TPSA) is 63.3 Å². The maximum absolute atomic E-state index is 9.75. The van der Waals surface area contributed by atoms with E-state index < -0.39 is 0 Å². The van der Waals surface area contributed by atoms with Gasteiger partial charge < -0.3 is 5.11 Å². The Bertz CT molecular complexity index is 800. The van der Waals surface area contributed by atoms with E-state index in [0.717, 1.165) is 11.1 Å². The number of rotatable bonds is 2. The molecule has 0 aliphatic carbocycles. The van der Waals surface area contributed by atoms with Crippen LogP contribution >= 0.6 is 24.4 Å². The molecule has 0 spiro atoms. The van der Waals surface area contributed by atoms with Gasteiger partial charge in [0.15, 0.2) is 10.8 Å². The van der Waals surface area contributed by atoms with Crippen molar-refractivity contribution in [3.8, 4) is 17.1 Å². The van der Waals surface area contributed by atoms with Crippen molar-refractivity contribution in [3.63, 3.8) is 0 Å². The van der Waals surface area contributed by atoms with Crippen LogP contribution in [0.2, 0.25) is 0 Å². The Labute approximate surface area is 125 Å². The van der Waals surface area contributed by atoms with E-state index in [-0.39, 0.29) is 11.2 Å². The van der Waals surface area contributed by atoms with E-state index in [2.05, 4.69) is 53.0 Å². The van der Waals surface area contributed by atoms with Gasteiger partial charge in [0, 0.05) is 10.5 Å². The number of hydrogen-bond acceptors (Lipinski definition) is 6. The Morgan fingerprint density at radius 3 is 2.80 bits per heavy atom. The average molecular weight is 304 g/mol. The number of thiol groups is 1. The normalized spacial score (nSPS) is 11.2. The minimum atomic E-state index is -0.219. The van der Waals surface area contributed by atoms with Crippen LogP contribution in [-0.4, -0.2) is 30.9 Å². The summed E-state index contributed by atoms with van der Waals surface area (Å²) < 4.78 is 1.30. The van der Waals surface area contributed by atoms with E-state index in [0.29, 0.717) is 5.65 Å². The van der Waals surface area contributed by atoms with E-state index in [1.165, 1.54) is 15.0 Å². The predicted octanol–water partition coefficient (Wildman–Crippen LogP) is 2.82. The molecule has 3 rings (SSSR count). The predicted molar refractivity (Wildman–Crippen MR) is 81.7 cm³/mol. The molecule has 2 heterocycles. The molecular formula is C13H12N4OS2. The van der Waals surface area contributed by atoms with Crippen molar-refractivity contribution in [1.29, 1.82) is 0 Å². The molecule has 20 heavy (non-hydrogen) atoms. The molecule has 0 saturated heterocycles. The summed E-state index contributed by atoms with van der Waals surface area (Å²) in [4.78, 5) is 9.23. The highest BCUT2D eigenvalue weighted by molar-refractivity contribution is 7.98. The first-order valence-corrected chi connectivity index (χ1v) is 7.56. The van der Waals surface area contributed by atoms with Gasteiger partial charge in [0.25, 0.3) is 0 Å². The Morgan fingerprint density at radius 1 is 1.30 bits per heavy atom. The maximum Gasteiger partial charge on any atom is 0.319 e. The van der Waals surface area contributed by atoms with Gasteiger partial charge in [0.2, 0.25) is 0 Å². The zero-order valence-corrected chi connectivity index (χ0v) is 12.6. The van der Waals surface area contributed by atoms with E-state index in [1.54, 1.807) is 18.0 Å². The van der Waals surface area contributed by atoms with Crippen LogP contribution in [0.3, 0.4) is 0 Å². The third-order valence-electron chi connectivity index (χ3n) is 3.05. The van der Waals surface area contributed by atoms with Crippen LogP contribution in [0.1, 0.15) is 5.56 Å². The molecule has 2 aromatic heterocycles. The summed E-state index contributed by atoms with van der Waals surface area (Å²) >= 11 is 5.80. The molecule has 102 valence electrons. The number of benzene rings is 1. The summed E-state index contributed by atoms with van der Waals surface area (Å²) in [5.74, 6) is 0. The van der Waals surface area contributed by atoms with Gasteiger partial charge in [-0.3, -0.25) is 0 Å². The van der Waals surface area contributed by atoms with E-state index >= 15 is 0 Å². The number of nitrogens with zero attached hydrogens (tertiary/aromatic N) is 4. The minimum absolute atomic E-state index is 0.217. The van der Waals surface area contributed by atoms with Crippen molar-refractivity contribution >= 4 is 30.0 Å². The molecule has 1 N–H and O–H groups in total. The number of aromatic nitrogens is 4. The van der Waals surface area contributed by atoms with Gasteiger partial charge in [-0.1, -0.05) is 12.1 Å². The van der Waals surface area contributed by atoms with Gasteiger partial charge in [-0.2, -0.15) is 14.6 Å². The molecule has 0 fully saturated rings. The molecule has 0 radical (unpaired) electrons. The minimum Gasteiger partial charge on any atom is -0.479 e. The molecule has 0 bridgehead atoms. The fraction of sp³-hybridized carbons (Fsp3) is 0.154. The summed E-state index contributed by atoms with van der Waals surface area (Å²) in [6.07, 6.45) is 3.72. The second kappa shape index (κ2) is 4.99. The summed E-state index contributed by atoms with van der Waals surface area (Å²) in [6.45, 7) is 2.07. The second-order valence-electron chi connectivity index (χ2n) is 4.30. The Hall–Kier alpha value is -1.73. The van der Waals surface area contributed by atoms with Crippen molar-refractivity contribution in [2.75, 3.05) is 6.26 Å². The molecule has 0 saturated carbocycles. The number of aromatic hydroxyl groups is 1. The van der Waals surface area contributed by atoms with E-state index in [1.807, 2.05) is 6.07 Å². The van der Waals surface area contributed by atoms with Crippen molar-refractivity contribution in [3.05, 3.63) is 30.0 Å². The standard InChI is InChI=1S/C13H12N4OS2/c1-7-5-8(3-4-10(7)20-2)9-6-14-17-11(9)15-12(19)16-13(17)18/h3-6H,1-2H3,(H2,15,16,18,19). The maximum atomic E-state index is 9.75. The number of thioether (sulfide) groups is 1. The van der Waals surface area contributed by atoms with Gasteiger partial charge in [-0.05, 0) is 30.4 Å². The van der Waals surface area contributed by atoms with Crippen LogP contribution in [0.4, 0.5) is 0 Å². The fourth-order valence-electron chi connectivity index (χ4n) is 2.10. The lowest BCUT2D eigenvalue weighted by atomic mass is 10.1. The highest BCUT2D eigenvalue weighted by atomic mass is 32.2. The third-order valence-corrected chi connectivity index (χ3v) is 4.14. The smallest absolute Gasteiger partial charge is 0.319 e. The molecule has 1 aromatic carbocycles. The zero-order valence-electron chi connectivity index (χ0n) is 10.9. The van der Waals surface area contributed by atoms with Crippen LogP contribution in [-0.2, 0) is 0 Å². The molecular weight excluding hydrogens is 292 g/mol. The summed E-state index contributed by atoms with van der Waals surface area (Å²) in [6, 6.07) is 5.96. The molecule has 0 atom stereocenters. The average Bonchev–Trinajstić information content (AvgIpc) is 2.82. The lowest BCUT2D eigenvalue weighted by molar-refractivity contribution is 0.404. The molecule has 0 aliphatic heterocycles. The third kappa shape index (κ3) is 2.12. The van der Waals surface area contributed by atoms with Crippen LogP contribution in [0.25, 0.3) is 16.8 Å². The van der Waals surface area contributed by atoms with Crippen LogP contribution < -0.4 is 0 Å².